The molecule has 1 unspecified atom stereocenters. The smallest absolute Gasteiger partial charge is 0.306 e. The largest absolute Gasteiger partial charge is 0.462 e. The lowest BCUT2D eigenvalue weighted by Gasteiger charge is -2.18. The number of ether oxygens (including phenoxy) is 3. The molecule has 0 aromatic rings. The minimum absolute atomic E-state index is 0.0765. The molecule has 0 bridgehead atoms. The van der Waals surface area contributed by atoms with Crippen LogP contribution in [0.1, 0.15) is 297 Å². The molecule has 6 heteroatoms. The van der Waals surface area contributed by atoms with Crippen molar-refractivity contribution in [2.24, 2.45) is 0 Å². The fourth-order valence-corrected chi connectivity index (χ4v) is 8.56. The Morgan fingerprint density at radius 2 is 0.542 bits per heavy atom. The fourth-order valence-electron chi connectivity index (χ4n) is 8.56. The molecule has 6 nitrogen and oxygen atoms in total. The van der Waals surface area contributed by atoms with E-state index in [0.29, 0.717) is 19.3 Å². The Morgan fingerprint density at radius 3 is 0.861 bits per heavy atom. The zero-order valence-electron chi connectivity index (χ0n) is 47.4. The van der Waals surface area contributed by atoms with Crippen LogP contribution in [0.2, 0.25) is 0 Å². The van der Waals surface area contributed by atoms with E-state index < -0.39 is 6.10 Å². The molecule has 0 saturated heterocycles. The molecule has 0 aliphatic heterocycles. The number of esters is 3. The van der Waals surface area contributed by atoms with Crippen molar-refractivity contribution >= 4 is 17.9 Å². The number of rotatable bonds is 55. The van der Waals surface area contributed by atoms with Crippen LogP contribution in [0.4, 0.5) is 0 Å². The first-order valence-corrected chi connectivity index (χ1v) is 30.6. The van der Waals surface area contributed by atoms with E-state index in [4.69, 9.17) is 14.2 Å². The highest BCUT2D eigenvalue weighted by molar-refractivity contribution is 5.71. The van der Waals surface area contributed by atoms with Gasteiger partial charge in [0.15, 0.2) is 6.10 Å². The minimum Gasteiger partial charge on any atom is -0.462 e. The van der Waals surface area contributed by atoms with Gasteiger partial charge in [0, 0.05) is 19.3 Å². The predicted molar refractivity (Wildman–Crippen MR) is 311 cm³/mol. The maximum absolute atomic E-state index is 12.7. The number of hydrogen-bond acceptors (Lipinski definition) is 6. The van der Waals surface area contributed by atoms with Crippen molar-refractivity contribution in [3.8, 4) is 0 Å². The van der Waals surface area contributed by atoms with E-state index in [2.05, 4.69) is 106 Å². The van der Waals surface area contributed by atoms with E-state index in [9.17, 15) is 14.4 Å². The summed E-state index contributed by atoms with van der Waals surface area (Å²) in [6.45, 7) is 6.44. The van der Waals surface area contributed by atoms with E-state index in [1.807, 2.05) is 0 Å². The molecule has 0 fully saturated rings. The highest BCUT2D eigenvalue weighted by Gasteiger charge is 2.19. The SMILES string of the molecule is CC/C=C\C/C=C\C/C=C\C/C=C\C/C=C\C/C=C\CCCCCCCCCCCCCCCCCCC(=O)OCC(COC(=O)CCCCCCC)OC(=O)CCCCCCC/C=C\CCCCCCC. The third-order valence-corrected chi connectivity index (χ3v) is 13.1. The summed E-state index contributed by atoms with van der Waals surface area (Å²) in [7, 11) is 0. The average molecular weight is 1000 g/mol. The molecule has 0 rings (SSSR count). The van der Waals surface area contributed by atoms with Gasteiger partial charge >= 0.3 is 17.9 Å². The van der Waals surface area contributed by atoms with Gasteiger partial charge in [0.2, 0.25) is 0 Å². The van der Waals surface area contributed by atoms with Crippen LogP contribution in [0.25, 0.3) is 0 Å². The molecule has 0 saturated carbocycles. The van der Waals surface area contributed by atoms with Crippen molar-refractivity contribution in [2.45, 2.75) is 303 Å². The Morgan fingerprint density at radius 1 is 0.292 bits per heavy atom. The van der Waals surface area contributed by atoms with Crippen LogP contribution in [-0.2, 0) is 28.6 Å². The van der Waals surface area contributed by atoms with Crippen LogP contribution in [0, 0.1) is 0 Å². The Labute approximate surface area is 445 Å². The van der Waals surface area contributed by atoms with Crippen molar-refractivity contribution in [1.82, 2.24) is 0 Å². The van der Waals surface area contributed by atoms with Gasteiger partial charge < -0.3 is 14.2 Å². The van der Waals surface area contributed by atoms with Gasteiger partial charge in [-0.3, -0.25) is 14.4 Å². The monoisotopic (exact) mass is 1000 g/mol. The number of carbonyl (C=O) groups is 3. The van der Waals surface area contributed by atoms with Crippen LogP contribution in [0.15, 0.2) is 85.1 Å². The molecule has 0 aromatic heterocycles. The molecule has 0 N–H and O–H groups in total. The molecule has 0 radical (unpaired) electrons. The van der Waals surface area contributed by atoms with E-state index in [1.165, 1.54) is 141 Å². The van der Waals surface area contributed by atoms with Crippen molar-refractivity contribution in [3.05, 3.63) is 85.1 Å². The molecule has 0 spiro atoms. The summed E-state index contributed by atoms with van der Waals surface area (Å²) >= 11 is 0. The van der Waals surface area contributed by atoms with Crippen LogP contribution in [0.5, 0.6) is 0 Å². The summed E-state index contributed by atoms with van der Waals surface area (Å²) in [6.07, 6.45) is 79.3. The van der Waals surface area contributed by atoms with Gasteiger partial charge in [-0.25, -0.2) is 0 Å². The molecule has 0 aromatic carbocycles. The summed E-state index contributed by atoms with van der Waals surface area (Å²) in [5.74, 6) is -0.892. The summed E-state index contributed by atoms with van der Waals surface area (Å²) in [5, 5.41) is 0. The van der Waals surface area contributed by atoms with Gasteiger partial charge in [0.05, 0.1) is 0 Å². The molecule has 72 heavy (non-hydrogen) atoms. The van der Waals surface area contributed by atoms with Gasteiger partial charge in [0.1, 0.15) is 13.2 Å². The zero-order valence-corrected chi connectivity index (χ0v) is 47.4. The first kappa shape index (κ1) is 68.6. The first-order valence-electron chi connectivity index (χ1n) is 30.6. The van der Waals surface area contributed by atoms with Crippen LogP contribution in [0.3, 0.4) is 0 Å². The summed E-state index contributed by atoms with van der Waals surface area (Å²) < 4.78 is 16.7. The number of allylic oxidation sites excluding steroid dienone is 14. The normalized spacial score (nSPS) is 12.7. The predicted octanol–water partition coefficient (Wildman–Crippen LogP) is 20.7. The minimum atomic E-state index is -0.774. The van der Waals surface area contributed by atoms with Crippen molar-refractivity contribution < 1.29 is 28.6 Å². The molecule has 0 aliphatic carbocycles. The maximum atomic E-state index is 12.7. The number of hydrogen-bond donors (Lipinski definition) is 0. The quantitative estimate of drug-likeness (QED) is 0.0261. The Hall–Kier alpha value is -3.41. The zero-order chi connectivity index (χ0) is 52.2. The lowest BCUT2D eigenvalue weighted by atomic mass is 10.0. The van der Waals surface area contributed by atoms with E-state index in [-0.39, 0.29) is 31.1 Å². The van der Waals surface area contributed by atoms with Crippen LogP contribution >= 0.6 is 0 Å². The molecular formula is C66H114O6. The number of unbranched alkanes of at least 4 members (excludes halogenated alkanes) is 30. The third-order valence-electron chi connectivity index (χ3n) is 13.1. The van der Waals surface area contributed by atoms with Gasteiger partial charge in [-0.15, -0.1) is 0 Å². The van der Waals surface area contributed by atoms with Gasteiger partial charge in [-0.05, 0) is 96.3 Å². The van der Waals surface area contributed by atoms with E-state index >= 15 is 0 Å². The Kier molecular flexibility index (Phi) is 57.3. The maximum Gasteiger partial charge on any atom is 0.306 e. The fraction of sp³-hybridized carbons (Fsp3) is 0.742. The molecule has 414 valence electrons. The molecule has 0 amide bonds. The summed E-state index contributed by atoms with van der Waals surface area (Å²) in [5.41, 5.74) is 0. The summed E-state index contributed by atoms with van der Waals surface area (Å²) in [6, 6.07) is 0. The van der Waals surface area contributed by atoms with Crippen molar-refractivity contribution in [2.75, 3.05) is 13.2 Å². The number of carbonyl (C=O) groups excluding carboxylic acids is 3. The lowest BCUT2D eigenvalue weighted by Crippen LogP contribution is -2.30. The average Bonchev–Trinajstić information content (AvgIpc) is 3.38. The topological polar surface area (TPSA) is 78.9 Å². The Balaban J connectivity index is 3.93. The summed E-state index contributed by atoms with van der Waals surface area (Å²) in [4.78, 5) is 37.8. The van der Waals surface area contributed by atoms with Gasteiger partial charge in [0.25, 0.3) is 0 Å². The van der Waals surface area contributed by atoms with Gasteiger partial charge in [-0.1, -0.05) is 266 Å². The van der Waals surface area contributed by atoms with Crippen molar-refractivity contribution in [1.29, 1.82) is 0 Å². The standard InChI is InChI=1S/C66H114O6/c1-4-7-10-13-15-17-19-21-23-24-25-26-27-28-29-30-31-32-33-34-35-36-37-38-39-40-41-42-43-45-46-48-50-53-56-59-65(68)71-62-63(61-70-64(67)58-55-52-12-9-6-3)72-66(69)60-57-54-51-49-47-44-22-20-18-16-14-11-8-5-2/h7,10,15,17,20-23,25-26,28-29,31-32,63H,4-6,8-9,11-14,16,18-19,24,27,30,33-62H2,1-3H3/b10-7-,17-15-,22-20-,23-21-,26-25-,29-28-,32-31-. The molecule has 0 heterocycles. The molecular weight excluding hydrogens is 889 g/mol. The van der Waals surface area contributed by atoms with Crippen LogP contribution < -0.4 is 0 Å². The van der Waals surface area contributed by atoms with E-state index in [1.54, 1.807) is 0 Å². The first-order chi connectivity index (χ1) is 35.5. The Bertz CT molecular complexity index is 1380. The highest BCUT2D eigenvalue weighted by atomic mass is 16.6. The van der Waals surface area contributed by atoms with E-state index in [0.717, 1.165) is 116 Å². The second kappa shape index (κ2) is 60.1. The molecule has 0 aliphatic rings. The second-order valence-corrected chi connectivity index (χ2v) is 20.2. The third kappa shape index (κ3) is 57.5. The highest BCUT2D eigenvalue weighted by Crippen LogP contribution is 2.16. The second-order valence-electron chi connectivity index (χ2n) is 20.2. The lowest BCUT2D eigenvalue weighted by molar-refractivity contribution is -0.167. The van der Waals surface area contributed by atoms with Crippen molar-refractivity contribution in [3.63, 3.8) is 0 Å². The van der Waals surface area contributed by atoms with Gasteiger partial charge in [-0.2, -0.15) is 0 Å². The molecule has 1 atom stereocenters. The van der Waals surface area contributed by atoms with Crippen LogP contribution in [-0.4, -0.2) is 37.2 Å².